The average Bonchev–Trinajstić information content (AvgIpc) is 3.03. The van der Waals surface area contributed by atoms with E-state index in [9.17, 15) is 4.79 Å². The van der Waals surface area contributed by atoms with Gasteiger partial charge in [0.15, 0.2) is 10.9 Å². The van der Waals surface area contributed by atoms with Crippen LogP contribution >= 0.6 is 11.3 Å². The lowest BCUT2D eigenvalue weighted by molar-refractivity contribution is 0.101. The molecule has 0 radical (unpaired) electrons. The second kappa shape index (κ2) is 7.61. The van der Waals surface area contributed by atoms with E-state index in [0.29, 0.717) is 22.6 Å². The molecule has 3 N–H and O–H groups in total. The van der Waals surface area contributed by atoms with Gasteiger partial charge < -0.3 is 11.1 Å². The number of hydrogen-bond donors (Lipinski definition) is 2. The van der Waals surface area contributed by atoms with Gasteiger partial charge in [0, 0.05) is 17.4 Å². The van der Waals surface area contributed by atoms with Crippen LogP contribution in [0.15, 0.2) is 36.5 Å². The van der Waals surface area contributed by atoms with Gasteiger partial charge in [-0.05, 0) is 37.5 Å². The molecule has 0 spiro atoms. The van der Waals surface area contributed by atoms with E-state index in [4.69, 9.17) is 5.73 Å². The van der Waals surface area contributed by atoms with Gasteiger partial charge in [0.25, 0.3) is 0 Å². The van der Waals surface area contributed by atoms with E-state index >= 15 is 0 Å². The van der Waals surface area contributed by atoms with Gasteiger partial charge in [-0.15, -0.1) is 0 Å². The average molecular weight is 367 g/mol. The second-order valence-electron chi connectivity index (χ2n) is 6.10. The molecule has 0 aliphatic carbocycles. The number of thiazole rings is 1. The highest BCUT2D eigenvalue weighted by Crippen LogP contribution is 2.36. The van der Waals surface area contributed by atoms with Gasteiger partial charge in [0.2, 0.25) is 5.95 Å². The molecule has 2 heterocycles. The molecule has 1 atom stereocenters. The van der Waals surface area contributed by atoms with E-state index in [-0.39, 0.29) is 5.78 Å². The van der Waals surface area contributed by atoms with Crippen molar-refractivity contribution in [2.45, 2.75) is 33.1 Å². The summed E-state index contributed by atoms with van der Waals surface area (Å²) < 4.78 is 0. The molecular formula is C19H21N5OS. The van der Waals surface area contributed by atoms with Gasteiger partial charge in [-0.3, -0.25) is 4.79 Å². The maximum Gasteiger partial charge on any atom is 0.227 e. The van der Waals surface area contributed by atoms with Gasteiger partial charge in [-0.2, -0.15) is 0 Å². The molecule has 0 fully saturated rings. The van der Waals surface area contributed by atoms with Crippen molar-refractivity contribution in [1.29, 1.82) is 0 Å². The van der Waals surface area contributed by atoms with Crippen molar-refractivity contribution in [3.63, 3.8) is 0 Å². The predicted molar refractivity (Wildman–Crippen MR) is 106 cm³/mol. The van der Waals surface area contributed by atoms with E-state index in [1.165, 1.54) is 11.3 Å². The van der Waals surface area contributed by atoms with E-state index in [2.05, 4.69) is 34.1 Å². The first-order valence-corrected chi connectivity index (χ1v) is 9.27. The zero-order valence-corrected chi connectivity index (χ0v) is 15.8. The third kappa shape index (κ3) is 3.88. The van der Waals surface area contributed by atoms with Crippen molar-refractivity contribution in [3.05, 3.63) is 47.8 Å². The molecule has 1 unspecified atom stereocenters. The van der Waals surface area contributed by atoms with Gasteiger partial charge >= 0.3 is 0 Å². The van der Waals surface area contributed by atoms with E-state index in [1.807, 2.05) is 18.2 Å². The number of benzene rings is 1. The summed E-state index contributed by atoms with van der Waals surface area (Å²) in [6.45, 7) is 5.80. The number of carbonyl (C=O) groups excluding carboxylic acids is 1. The smallest absolute Gasteiger partial charge is 0.227 e. The monoisotopic (exact) mass is 367 g/mol. The maximum atomic E-state index is 11.5. The fourth-order valence-electron chi connectivity index (χ4n) is 2.55. The molecule has 134 valence electrons. The number of rotatable bonds is 6. The number of aromatic nitrogens is 3. The molecule has 0 aliphatic heterocycles. The number of ketones is 1. The summed E-state index contributed by atoms with van der Waals surface area (Å²) in [6, 6.07) is 9.12. The Morgan fingerprint density at radius 1 is 1.31 bits per heavy atom. The molecule has 2 aromatic heterocycles. The van der Waals surface area contributed by atoms with Crippen molar-refractivity contribution < 1.29 is 4.79 Å². The van der Waals surface area contributed by atoms with Crippen molar-refractivity contribution in [2.24, 2.45) is 0 Å². The summed E-state index contributed by atoms with van der Waals surface area (Å²) in [6.07, 6.45) is 2.68. The molecule has 0 bridgehead atoms. The summed E-state index contributed by atoms with van der Waals surface area (Å²) in [7, 11) is 0. The summed E-state index contributed by atoms with van der Waals surface area (Å²) >= 11 is 1.44. The highest BCUT2D eigenvalue weighted by Gasteiger charge is 2.18. The molecule has 6 nitrogen and oxygen atoms in total. The summed E-state index contributed by atoms with van der Waals surface area (Å²) in [5.41, 5.74) is 9.09. The number of carbonyl (C=O) groups is 1. The van der Waals surface area contributed by atoms with Crippen LogP contribution in [0.25, 0.3) is 10.6 Å². The first-order chi connectivity index (χ1) is 12.5. The topological polar surface area (TPSA) is 93.8 Å². The molecule has 3 rings (SSSR count). The number of nitrogens with zero attached hydrogens (tertiary/aromatic N) is 3. The number of nitrogen functional groups attached to an aromatic ring is 1. The third-order valence-corrected chi connectivity index (χ3v) is 5.09. The Morgan fingerprint density at radius 3 is 2.85 bits per heavy atom. The molecule has 0 saturated carbocycles. The second-order valence-corrected chi connectivity index (χ2v) is 7.13. The Hall–Kier alpha value is -2.80. The molecular weight excluding hydrogens is 346 g/mol. The summed E-state index contributed by atoms with van der Waals surface area (Å²) in [4.78, 5) is 25.9. The quantitative estimate of drug-likeness (QED) is 0.616. The lowest BCUT2D eigenvalue weighted by Crippen LogP contribution is -2.00. The predicted octanol–water partition coefficient (Wildman–Crippen LogP) is 4.64. The lowest BCUT2D eigenvalue weighted by Gasteiger charge is -2.09. The molecule has 7 heteroatoms. The van der Waals surface area contributed by atoms with Crippen molar-refractivity contribution in [1.82, 2.24) is 15.0 Å². The van der Waals surface area contributed by atoms with Crippen LogP contribution < -0.4 is 11.1 Å². The van der Waals surface area contributed by atoms with Gasteiger partial charge in [0.05, 0.1) is 16.3 Å². The fraction of sp³-hybridized carbons (Fsp3) is 0.263. The van der Waals surface area contributed by atoms with E-state index < -0.39 is 0 Å². The number of anilines is 3. The van der Waals surface area contributed by atoms with Gasteiger partial charge in [-0.25, -0.2) is 15.0 Å². The van der Waals surface area contributed by atoms with Crippen LogP contribution in [0, 0.1) is 0 Å². The normalized spacial score (nSPS) is 12.0. The molecule has 26 heavy (non-hydrogen) atoms. The lowest BCUT2D eigenvalue weighted by atomic mass is 10.0. The Bertz CT molecular complexity index is 937. The zero-order chi connectivity index (χ0) is 18.7. The highest BCUT2D eigenvalue weighted by atomic mass is 32.1. The van der Waals surface area contributed by atoms with E-state index in [0.717, 1.165) is 28.4 Å². The Labute approximate surface area is 156 Å². The van der Waals surface area contributed by atoms with Crippen LogP contribution in [0.4, 0.5) is 16.8 Å². The van der Waals surface area contributed by atoms with Crippen LogP contribution in [0.3, 0.4) is 0 Å². The Kier molecular flexibility index (Phi) is 5.27. The molecule has 0 amide bonds. The number of nitrogens with one attached hydrogen (secondary N) is 1. The minimum Gasteiger partial charge on any atom is -0.375 e. The largest absolute Gasteiger partial charge is 0.375 e. The minimum atomic E-state index is 0.0154. The first kappa shape index (κ1) is 18.0. The van der Waals surface area contributed by atoms with Crippen LogP contribution in [0.1, 0.15) is 49.2 Å². The molecule has 3 aromatic rings. The summed E-state index contributed by atoms with van der Waals surface area (Å²) in [5, 5.41) is 3.70. The maximum absolute atomic E-state index is 11.5. The highest BCUT2D eigenvalue weighted by molar-refractivity contribution is 7.18. The summed E-state index contributed by atoms with van der Waals surface area (Å²) in [5.74, 6) is 0.782. The Morgan fingerprint density at radius 2 is 2.12 bits per heavy atom. The zero-order valence-electron chi connectivity index (χ0n) is 15.0. The standard InChI is InChI=1S/C19H21N5OS/c1-4-11(2)16-17(26-18(20)24-16)15-8-9-21-19(23-15)22-14-7-5-6-13(10-14)12(3)25/h5-11H,4H2,1-3H3,(H2,20,24)(H,21,22,23). The van der Waals surface area contributed by atoms with E-state index in [1.54, 1.807) is 25.3 Å². The van der Waals surface area contributed by atoms with Gasteiger partial charge in [-0.1, -0.05) is 37.3 Å². The number of hydrogen-bond acceptors (Lipinski definition) is 7. The van der Waals surface area contributed by atoms with Crippen molar-refractivity contribution >= 4 is 33.9 Å². The van der Waals surface area contributed by atoms with Crippen molar-refractivity contribution in [2.75, 3.05) is 11.1 Å². The molecule has 0 aliphatic rings. The van der Waals surface area contributed by atoms with Crippen LogP contribution in [-0.4, -0.2) is 20.7 Å². The first-order valence-electron chi connectivity index (χ1n) is 8.45. The number of nitrogens with two attached hydrogens (primary N) is 1. The Balaban J connectivity index is 1.92. The fourth-order valence-corrected chi connectivity index (χ4v) is 3.47. The third-order valence-electron chi connectivity index (χ3n) is 4.16. The molecule has 0 saturated heterocycles. The van der Waals surface area contributed by atoms with Gasteiger partial charge in [0.1, 0.15) is 0 Å². The minimum absolute atomic E-state index is 0.0154. The van der Waals surface area contributed by atoms with Crippen molar-refractivity contribution in [3.8, 4) is 10.6 Å². The number of Topliss-reactive ketones (excluding diaryl/α,β-unsaturated/α-hetero) is 1. The molecule has 1 aromatic carbocycles. The SMILES string of the molecule is CCC(C)c1nc(N)sc1-c1ccnc(Nc2cccc(C(C)=O)c2)n1. The van der Waals surface area contributed by atoms with Crippen LogP contribution in [0.5, 0.6) is 0 Å². The van der Waals surface area contributed by atoms with Crippen LogP contribution in [0.2, 0.25) is 0 Å². The van der Waals surface area contributed by atoms with Crippen LogP contribution in [-0.2, 0) is 0 Å².